The Morgan fingerprint density at radius 1 is 1.22 bits per heavy atom. The molecule has 0 aliphatic heterocycles. The second kappa shape index (κ2) is 5.40. The highest BCUT2D eigenvalue weighted by atomic mass is 16.3. The van der Waals surface area contributed by atoms with Gasteiger partial charge < -0.3 is 26.0 Å². The number of Topliss-reactive ketones (excluding diaryl/α,β-unsaturated/α-hetero) is 2. The summed E-state index contributed by atoms with van der Waals surface area (Å²) < 4.78 is 0. The van der Waals surface area contributed by atoms with Gasteiger partial charge in [-0.2, -0.15) is 0 Å². The molecule has 1 unspecified atom stereocenters. The molecule has 27 heavy (non-hydrogen) atoms. The number of amides is 1. The van der Waals surface area contributed by atoms with E-state index in [-0.39, 0.29) is 30.4 Å². The SMILES string of the molecule is NC(=O)C1=C(O)C[C@@H]2CC3Cc4[nH]ccc(=O)c4C(=O)C3=C(O)[C@]2(O)C1=O. The summed E-state index contributed by atoms with van der Waals surface area (Å²) in [4.78, 5) is 52.0. The molecule has 0 aromatic carbocycles. The van der Waals surface area contributed by atoms with Crippen LogP contribution in [0.5, 0.6) is 0 Å². The van der Waals surface area contributed by atoms with E-state index >= 15 is 0 Å². The van der Waals surface area contributed by atoms with E-state index in [0.717, 1.165) is 0 Å². The third-order valence-corrected chi connectivity index (χ3v) is 5.69. The van der Waals surface area contributed by atoms with E-state index in [1.807, 2.05) is 0 Å². The molecule has 0 bridgehead atoms. The van der Waals surface area contributed by atoms with Gasteiger partial charge >= 0.3 is 0 Å². The van der Waals surface area contributed by atoms with Gasteiger partial charge in [0.1, 0.15) is 17.1 Å². The maximum Gasteiger partial charge on any atom is 0.255 e. The first-order valence-corrected chi connectivity index (χ1v) is 8.35. The number of primary amides is 1. The van der Waals surface area contributed by atoms with Crippen LogP contribution in [0.4, 0.5) is 0 Å². The molecule has 9 nitrogen and oxygen atoms in total. The van der Waals surface area contributed by atoms with E-state index in [1.54, 1.807) is 0 Å². The monoisotopic (exact) mass is 372 g/mol. The van der Waals surface area contributed by atoms with Crippen molar-refractivity contribution < 1.29 is 29.7 Å². The highest BCUT2D eigenvalue weighted by molar-refractivity contribution is 6.24. The van der Waals surface area contributed by atoms with Gasteiger partial charge in [0.05, 0.1) is 5.56 Å². The van der Waals surface area contributed by atoms with Crippen LogP contribution in [0.3, 0.4) is 0 Å². The lowest BCUT2D eigenvalue weighted by atomic mass is 9.60. The van der Waals surface area contributed by atoms with Crippen molar-refractivity contribution in [3.05, 3.63) is 56.4 Å². The number of carbonyl (C=O) groups is 3. The Labute approximate surface area is 151 Å². The highest BCUT2D eigenvalue weighted by Gasteiger charge is 2.59. The second-order valence-corrected chi connectivity index (χ2v) is 7.11. The van der Waals surface area contributed by atoms with Crippen LogP contribution in [0.1, 0.15) is 28.9 Å². The number of ketones is 2. The van der Waals surface area contributed by atoms with Crippen LogP contribution in [-0.4, -0.2) is 43.4 Å². The van der Waals surface area contributed by atoms with Crippen molar-refractivity contribution in [2.45, 2.75) is 24.9 Å². The molecule has 3 aliphatic rings. The number of aliphatic hydroxyl groups excluding tert-OH is 2. The second-order valence-electron chi connectivity index (χ2n) is 7.11. The summed E-state index contributed by atoms with van der Waals surface area (Å²) in [5, 5.41) is 31.7. The minimum atomic E-state index is -2.54. The minimum Gasteiger partial charge on any atom is -0.511 e. The van der Waals surface area contributed by atoms with Crippen molar-refractivity contribution in [2.24, 2.45) is 17.6 Å². The molecule has 0 radical (unpaired) electrons. The van der Waals surface area contributed by atoms with Crippen molar-refractivity contribution in [1.82, 2.24) is 4.98 Å². The van der Waals surface area contributed by atoms with Crippen molar-refractivity contribution in [3.63, 3.8) is 0 Å². The molecular formula is C18H16N2O7. The van der Waals surface area contributed by atoms with Gasteiger partial charge in [-0.05, 0) is 18.8 Å². The lowest BCUT2D eigenvalue weighted by molar-refractivity contribution is -0.144. The molecule has 140 valence electrons. The maximum atomic E-state index is 12.9. The molecule has 0 saturated heterocycles. The fraction of sp³-hybridized carbons (Fsp3) is 0.333. The number of nitrogens with one attached hydrogen (secondary N) is 1. The fourth-order valence-corrected chi connectivity index (χ4v) is 4.45. The van der Waals surface area contributed by atoms with Gasteiger partial charge in [0.15, 0.2) is 16.8 Å². The molecule has 1 amide bonds. The van der Waals surface area contributed by atoms with Gasteiger partial charge in [-0.15, -0.1) is 0 Å². The van der Waals surface area contributed by atoms with Crippen LogP contribution in [0.2, 0.25) is 0 Å². The van der Waals surface area contributed by atoms with Crippen molar-refractivity contribution in [1.29, 1.82) is 0 Å². The number of rotatable bonds is 1. The Kier molecular flexibility index (Phi) is 3.44. The smallest absolute Gasteiger partial charge is 0.255 e. The van der Waals surface area contributed by atoms with E-state index in [4.69, 9.17) is 5.73 Å². The van der Waals surface area contributed by atoms with Crippen molar-refractivity contribution in [2.75, 3.05) is 0 Å². The number of aromatic amines is 1. The van der Waals surface area contributed by atoms with Crippen LogP contribution in [-0.2, 0) is 16.0 Å². The Balaban J connectivity index is 1.93. The van der Waals surface area contributed by atoms with Crippen LogP contribution < -0.4 is 11.2 Å². The summed E-state index contributed by atoms with van der Waals surface area (Å²) in [5.41, 5.74) is 1.31. The van der Waals surface area contributed by atoms with Gasteiger partial charge in [0.25, 0.3) is 5.91 Å². The number of fused-ring (bicyclic) bond motifs is 3. The van der Waals surface area contributed by atoms with E-state index in [0.29, 0.717) is 5.69 Å². The summed E-state index contributed by atoms with van der Waals surface area (Å²) in [6.45, 7) is 0. The quantitative estimate of drug-likeness (QED) is 0.416. The predicted molar refractivity (Wildman–Crippen MR) is 89.8 cm³/mol. The number of hydrogen-bond acceptors (Lipinski definition) is 7. The normalized spacial score (nSPS) is 30.0. The van der Waals surface area contributed by atoms with Gasteiger partial charge in [-0.3, -0.25) is 19.2 Å². The first-order valence-electron chi connectivity index (χ1n) is 8.35. The molecule has 9 heteroatoms. The third kappa shape index (κ3) is 2.08. The van der Waals surface area contributed by atoms with Crippen LogP contribution in [0.15, 0.2) is 39.7 Å². The van der Waals surface area contributed by atoms with Crippen LogP contribution in [0.25, 0.3) is 0 Å². The molecule has 6 N–H and O–H groups in total. The molecule has 1 heterocycles. The summed E-state index contributed by atoms with van der Waals surface area (Å²) in [5.74, 6) is -6.16. The van der Waals surface area contributed by atoms with Crippen LogP contribution >= 0.6 is 0 Å². The number of aromatic nitrogens is 1. The molecule has 3 atom stereocenters. The standard InChI is InChI=1S/C18H16N2O7/c19-17(26)13-10(22)5-7-3-6-4-8-12(9(21)1-2-20-8)14(23)11(6)15(24)18(7,27)16(13)25/h1-2,6-7,22,24,27H,3-5H2,(H2,19,26)(H,20,21)/t6?,7-,18-/m0/s1. The zero-order valence-corrected chi connectivity index (χ0v) is 14.0. The molecule has 1 aromatic heterocycles. The molecule has 1 aromatic rings. The lowest BCUT2D eigenvalue weighted by Crippen LogP contribution is -2.57. The summed E-state index contributed by atoms with van der Waals surface area (Å²) in [6.07, 6.45) is 1.49. The largest absolute Gasteiger partial charge is 0.511 e. The predicted octanol–water partition coefficient (Wildman–Crippen LogP) is -0.437. The topological polar surface area (TPSA) is 171 Å². The van der Waals surface area contributed by atoms with Crippen molar-refractivity contribution >= 4 is 17.5 Å². The number of nitrogens with two attached hydrogens (primary N) is 1. The fourth-order valence-electron chi connectivity index (χ4n) is 4.45. The van der Waals surface area contributed by atoms with Crippen molar-refractivity contribution in [3.8, 4) is 0 Å². The number of carbonyl (C=O) groups excluding carboxylic acids is 3. The number of allylic oxidation sites excluding steroid dienone is 2. The van der Waals surface area contributed by atoms with E-state index in [9.17, 15) is 34.5 Å². The Morgan fingerprint density at radius 2 is 1.93 bits per heavy atom. The van der Waals surface area contributed by atoms with Gasteiger partial charge in [0.2, 0.25) is 5.78 Å². The van der Waals surface area contributed by atoms with Gasteiger partial charge in [0, 0.05) is 35.9 Å². The van der Waals surface area contributed by atoms with Gasteiger partial charge in [-0.25, -0.2) is 0 Å². The Hall–Kier alpha value is -3.20. The van der Waals surface area contributed by atoms with Crippen LogP contribution in [0, 0.1) is 11.8 Å². The summed E-state index contributed by atoms with van der Waals surface area (Å²) in [7, 11) is 0. The first-order chi connectivity index (χ1) is 12.7. The number of aliphatic hydroxyl groups is 3. The number of H-pyrrole nitrogens is 1. The minimum absolute atomic E-state index is 0.0971. The maximum absolute atomic E-state index is 12.9. The number of pyridine rings is 1. The third-order valence-electron chi connectivity index (χ3n) is 5.69. The Bertz CT molecular complexity index is 1050. The van der Waals surface area contributed by atoms with Gasteiger partial charge in [-0.1, -0.05) is 0 Å². The highest BCUT2D eigenvalue weighted by Crippen LogP contribution is 2.49. The molecule has 0 saturated carbocycles. The average molecular weight is 372 g/mol. The summed E-state index contributed by atoms with van der Waals surface area (Å²) >= 11 is 0. The zero-order chi connectivity index (χ0) is 19.7. The molecule has 0 fully saturated rings. The van der Waals surface area contributed by atoms with E-state index in [2.05, 4.69) is 4.98 Å². The molecular weight excluding hydrogens is 356 g/mol. The zero-order valence-electron chi connectivity index (χ0n) is 14.0. The Morgan fingerprint density at radius 3 is 2.59 bits per heavy atom. The average Bonchev–Trinajstić information content (AvgIpc) is 2.57. The molecule has 3 aliphatic carbocycles. The molecule has 4 rings (SSSR count). The molecule has 0 spiro atoms. The lowest BCUT2D eigenvalue weighted by Gasteiger charge is -2.45. The first kappa shape index (κ1) is 17.2. The summed E-state index contributed by atoms with van der Waals surface area (Å²) in [6, 6.07) is 1.17. The van der Waals surface area contributed by atoms with E-state index < -0.39 is 57.4 Å². The van der Waals surface area contributed by atoms with E-state index in [1.165, 1.54) is 12.3 Å². The number of hydrogen-bond donors (Lipinski definition) is 5.